The van der Waals surface area contributed by atoms with Gasteiger partial charge in [0.25, 0.3) is 11.8 Å². The summed E-state index contributed by atoms with van der Waals surface area (Å²) < 4.78 is 13.6. The van der Waals surface area contributed by atoms with Gasteiger partial charge in [0.1, 0.15) is 11.5 Å². The van der Waals surface area contributed by atoms with Crippen LogP contribution in [0.15, 0.2) is 54.7 Å². The van der Waals surface area contributed by atoms with Crippen LogP contribution >= 0.6 is 0 Å². The van der Waals surface area contributed by atoms with E-state index in [-0.39, 0.29) is 30.2 Å². The van der Waals surface area contributed by atoms with E-state index >= 15 is 0 Å². The monoisotopic (exact) mass is 587 g/mol. The first-order valence-corrected chi connectivity index (χ1v) is 15.1. The van der Waals surface area contributed by atoms with Gasteiger partial charge < -0.3 is 24.6 Å². The number of carbonyl (C=O) groups excluding carboxylic acids is 3. The highest BCUT2D eigenvalue weighted by Crippen LogP contribution is 2.35. The Bertz CT molecular complexity index is 1440. The van der Waals surface area contributed by atoms with Crippen molar-refractivity contribution in [3.8, 4) is 11.5 Å². The number of rotatable bonds is 6. The number of likely N-dealkylation sites (tertiary alicyclic amines) is 1. The summed E-state index contributed by atoms with van der Waals surface area (Å²) in [6, 6.07) is 15.4. The summed E-state index contributed by atoms with van der Waals surface area (Å²) in [4.78, 5) is 43.8. The maximum atomic E-state index is 13.6. The van der Waals surface area contributed by atoms with E-state index in [0.29, 0.717) is 68.5 Å². The molecule has 0 spiro atoms. The van der Waals surface area contributed by atoms with Crippen LogP contribution in [0.25, 0.3) is 0 Å². The normalized spacial score (nSPS) is 19.2. The number of nitrogens with zero attached hydrogens (tertiary/aromatic N) is 4. The van der Waals surface area contributed by atoms with Gasteiger partial charge in [-0.3, -0.25) is 19.1 Å². The molecule has 2 atom stereocenters. The van der Waals surface area contributed by atoms with Crippen LogP contribution in [-0.2, 0) is 16.1 Å². The topological polar surface area (TPSA) is 106 Å². The second kappa shape index (κ2) is 13.8. The van der Waals surface area contributed by atoms with Crippen molar-refractivity contribution in [3.05, 3.63) is 77.1 Å². The molecule has 228 valence electrons. The molecular formula is C33H41N5O5. The number of fused-ring (bicyclic) bond motifs is 4. The first kappa shape index (κ1) is 30.1. The third-order valence-electron chi connectivity index (χ3n) is 8.12. The SMILES string of the molecule is CCCn1cc(C(=O)N2C[C@@H]3C(=O)NCCN(C(=O)COc4ccc(C)cc4)CCCOc4cccc(c4)[C@H]3C2)c(C)n1. The Morgan fingerprint density at radius 2 is 1.84 bits per heavy atom. The molecule has 3 amide bonds. The van der Waals surface area contributed by atoms with Crippen LogP contribution in [0.1, 0.15) is 52.9 Å². The van der Waals surface area contributed by atoms with Crippen molar-refractivity contribution in [1.29, 1.82) is 0 Å². The van der Waals surface area contributed by atoms with Crippen molar-refractivity contribution in [2.24, 2.45) is 5.92 Å². The Balaban J connectivity index is 1.30. The van der Waals surface area contributed by atoms with Crippen molar-refractivity contribution in [3.63, 3.8) is 0 Å². The van der Waals surface area contributed by atoms with E-state index in [0.717, 1.165) is 24.1 Å². The molecule has 1 aromatic heterocycles. The molecule has 10 heteroatoms. The quantitative estimate of drug-likeness (QED) is 0.473. The molecular weight excluding hydrogens is 546 g/mol. The van der Waals surface area contributed by atoms with E-state index in [1.165, 1.54) is 0 Å². The number of amides is 3. The summed E-state index contributed by atoms with van der Waals surface area (Å²) >= 11 is 0. The van der Waals surface area contributed by atoms with Crippen LogP contribution < -0.4 is 14.8 Å². The first-order valence-electron chi connectivity index (χ1n) is 15.1. The fourth-order valence-electron chi connectivity index (χ4n) is 5.77. The molecule has 10 nitrogen and oxygen atoms in total. The van der Waals surface area contributed by atoms with Crippen LogP contribution in [0.3, 0.4) is 0 Å². The average molecular weight is 588 g/mol. The number of aryl methyl sites for hydroxylation is 3. The van der Waals surface area contributed by atoms with Crippen molar-refractivity contribution < 1.29 is 23.9 Å². The van der Waals surface area contributed by atoms with Crippen molar-refractivity contribution in [1.82, 2.24) is 24.9 Å². The van der Waals surface area contributed by atoms with E-state index in [9.17, 15) is 14.4 Å². The van der Waals surface area contributed by atoms with Crippen molar-refractivity contribution >= 4 is 17.7 Å². The average Bonchev–Trinajstić information content (AvgIpc) is 3.61. The van der Waals surface area contributed by atoms with E-state index in [4.69, 9.17) is 9.47 Å². The molecule has 0 aliphatic carbocycles. The lowest BCUT2D eigenvalue weighted by molar-refractivity contribution is -0.134. The van der Waals surface area contributed by atoms with Gasteiger partial charge >= 0.3 is 0 Å². The number of hydrogen-bond donors (Lipinski definition) is 1. The molecule has 2 aliphatic rings. The van der Waals surface area contributed by atoms with Gasteiger partial charge in [-0.25, -0.2) is 0 Å². The summed E-state index contributed by atoms with van der Waals surface area (Å²) in [6.07, 6.45) is 3.36. The Morgan fingerprint density at radius 3 is 2.63 bits per heavy atom. The lowest BCUT2D eigenvalue weighted by Gasteiger charge is -2.25. The lowest BCUT2D eigenvalue weighted by Crippen LogP contribution is -2.43. The molecule has 43 heavy (non-hydrogen) atoms. The zero-order valence-electron chi connectivity index (χ0n) is 25.3. The maximum absolute atomic E-state index is 13.6. The Kier molecular flexibility index (Phi) is 9.64. The Labute approximate surface area is 252 Å². The molecule has 1 saturated heterocycles. The predicted octanol–water partition coefficient (Wildman–Crippen LogP) is 3.57. The van der Waals surface area contributed by atoms with Crippen LogP contribution in [0.5, 0.6) is 11.5 Å². The smallest absolute Gasteiger partial charge is 0.260 e. The number of ether oxygens (including phenoxy) is 2. The zero-order chi connectivity index (χ0) is 30.3. The summed E-state index contributed by atoms with van der Waals surface area (Å²) in [6.45, 7) is 8.85. The highest BCUT2D eigenvalue weighted by Gasteiger charge is 2.41. The molecule has 0 saturated carbocycles. The Morgan fingerprint density at radius 1 is 1.05 bits per heavy atom. The van der Waals surface area contributed by atoms with Gasteiger partial charge in [0.15, 0.2) is 6.61 Å². The minimum atomic E-state index is -0.442. The molecule has 5 rings (SSSR count). The van der Waals surface area contributed by atoms with E-state index in [1.807, 2.05) is 68.6 Å². The van der Waals surface area contributed by atoms with Gasteiger partial charge in [0, 0.05) is 51.4 Å². The van der Waals surface area contributed by atoms with Crippen molar-refractivity contribution in [2.45, 2.75) is 46.1 Å². The summed E-state index contributed by atoms with van der Waals surface area (Å²) in [5.41, 5.74) is 3.34. The van der Waals surface area contributed by atoms with E-state index in [2.05, 4.69) is 17.3 Å². The number of benzene rings is 2. The second-order valence-electron chi connectivity index (χ2n) is 11.4. The number of aromatic nitrogens is 2. The molecule has 0 radical (unpaired) electrons. The molecule has 1 N–H and O–H groups in total. The fourth-order valence-corrected chi connectivity index (χ4v) is 5.77. The van der Waals surface area contributed by atoms with Crippen LogP contribution in [0.4, 0.5) is 0 Å². The third-order valence-corrected chi connectivity index (χ3v) is 8.12. The third kappa shape index (κ3) is 7.36. The van der Waals surface area contributed by atoms with Gasteiger partial charge in [-0.15, -0.1) is 0 Å². The standard InChI is InChI=1S/C33H41N5O5/c1-4-14-38-21-28(24(3)35-38)33(41)37-19-29-25-7-5-8-27(18-25)42-17-6-15-36(16-13-34-32(40)30(29)20-37)31(39)22-43-26-11-9-23(2)10-12-26/h5,7-12,18,21,29-30H,4,6,13-17,19-20,22H2,1-3H3,(H,34,40)/t29-,30+/m1/s1. The van der Waals surface area contributed by atoms with E-state index in [1.54, 1.807) is 14.5 Å². The molecule has 2 aromatic carbocycles. The molecule has 2 aliphatic heterocycles. The fraction of sp³-hybridized carbons (Fsp3) is 0.455. The molecule has 0 unspecified atom stereocenters. The van der Waals surface area contributed by atoms with E-state index < -0.39 is 5.92 Å². The number of hydrogen-bond acceptors (Lipinski definition) is 6. The summed E-state index contributed by atoms with van der Waals surface area (Å²) in [7, 11) is 0. The number of carbonyl (C=O) groups is 3. The van der Waals surface area contributed by atoms with Gasteiger partial charge in [-0.05, 0) is 56.5 Å². The van der Waals surface area contributed by atoms with Gasteiger partial charge in [0.05, 0.1) is 23.8 Å². The Hall–Kier alpha value is -4.34. The van der Waals surface area contributed by atoms with Crippen LogP contribution in [-0.4, -0.2) is 83.2 Å². The highest BCUT2D eigenvalue weighted by molar-refractivity contribution is 5.96. The van der Waals surface area contributed by atoms with Gasteiger partial charge in [0.2, 0.25) is 5.91 Å². The lowest BCUT2D eigenvalue weighted by atomic mass is 9.88. The molecule has 2 bridgehead atoms. The minimum Gasteiger partial charge on any atom is -0.494 e. The largest absolute Gasteiger partial charge is 0.494 e. The van der Waals surface area contributed by atoms with Crippen LogP contribution in [0, 0.1) is 19.8 Å². The summed E-state index contributed by atoms with van der Waals surface area (Å²) in [5, 5.41) is 7.55. The maximum Gasteiger partial charge on any atom is 0.260 e. The van der Waals surface area contributed by atoms with Crippen LogP contribution in [0.2, 0.25) is 0 Å². The van der Waals surface area contributed by atoms with Crippen molar-refractivity contribution in [2.75, 3.05) is 45.9 Å². The molecule has 3 heterocycles. The molecule has 1 fully saturated rings. The predicted molar refractivity (Wildman–Crippen MR) is 162 cm³/mol. The second-order valence-corrected chi connectivity index (χ2v) is 11.4. The zero-order valence-corrected chi connectivity index (χ0v) is 25.3. The molecule has 3 aromatic rings. The number of nitrogens with one attached hydrogen (secondary N) is 1. The van der Waals surface area contributed by atoms with Gasteiger partial charge in [-0.2, -0.15) is 5.10 Å². The highest BCUT2D eigenvalue weighted by atomic mass is 16.5. The first-order chi connectivity index (χ1) is 20.8. The minimum absolute atomic E-state index is 0.0874. The summed E-state index contributed by atoms with van der Waals surface area (Å²) in [5.74, 6) is 0.302. The van der Waals surface area contributed by atoms with Gasteiger partial charge in [-0.1, -0.05) is 36.8 Å².